The Hall–Kier alpha value is -3.60. The predicted molar refractivity (Wildman–Crippen MR) is 114 cm³/mol. The Morgan fingerprint density at radius 2 is 1.83 bits per heavy atom. The van der Waals surface area contributed by atoms with Crippen molar-refractivity contribution in [1.29, 1.82) is 0 Å². The van der Waals surface area contributed by atoms with E-state index in [0.717, 1.165) is 40.3 Å². The molecule has 5 rings (SSSR count). The summed E-state index contributed by atoms with van der Waals surface area (Å²) in [6.45, 7) is 4.15. The van der Waals surface area contributed by atoms with Crippen molar-refractivity contribution >= 4 is 5.71 Å². The smallest absolute Gasteiger partial charge is 0.213 e. The molecule has 2 heterocycles. The zero-order chi connectivity index (χ0) is 20.5. The van der Waals surface area contributed by atoms with Crippen molar-refractivity contribution in [2.24, 2.45) is 5.10 Å². The van der Waals surface area contributed by atoms with Crippen LogP contribution in [-0.4, -0.2) is 17.3 Å². The summed E-state index contributed by atoms with van der Waals surface area (Å²) >= 11 is 0. The van der Waals surface area contributed by atoms with Gasteiger partial charge in [0.05, 0.1) is 11.8 Å². The lowest BCUT2D eigenvalue weighted by molar-refractivity contribution is -0.0190. The van der Waals surface area contributed by atoms with Crippen LogP contribution in [0, 0.1) is 5.82 Å². The van der Waals surface area contributed by atoms with Crippen molar-refractivity contribution in [3.63, 3.8) is 0 Å². The van der Waals surface area contributed by atoms with E-state index in [-0.39, 0.29) is 11.9 Å². The summed E-state index contributed by atoms with van der Waals surface area (Å²) < 4.78 is 25.3. The Morgan fingerprint density at radius 1 is 1.07 bits per heavy atom. The summed E-state index contributed by atoms with van der Waals surface area (Å²) in [4.78, 5) is 0. The molecule has 2 aliphatic heterocycles. The Bertz CT molecular complexity index is 1090. The first-order valence-electron chi connectivity index (χ1n) is 9.94. The average Bonchev–Trinajstić information content (AvgIpc) is 3.24. The van der Waals surface area contributed by atoms with Crippen LogP contribution in [-0.2, 0) is 0 Å². The highest BCUT2D eigenvalue weighted by Gasteiger charge is 2.40. The van der Waals surface area contributed by atoms with Crippen molar-refractivity contribution in [3.8, 4) is 11.5 Å². The highest BCUT2D eigenvalue weighted by Crippen LogP contribution is 2.47. The van der Waals surface area contributed by atoms with Crippen molar-refractivity contribution in [3.05, 3.63) is 108 Å². The van der Waals surface area contributed by atoms with Gasteiger partial charge >= 0.3 is 0 Å². The number of para-hydroxylation sites is 1. The molecule has 3 aromatic rings. The van der Waals surface area contributed by atoms with Crippen LogP contribution < -0.4 is 9.47 Å². The lowest BCUT2D eigenvalue weighted by Crippen LogP contribution is -2.33. The van der Waals surface area contributed by atoms with Crippen molar-refractivity contribution in [2.45, 2.75) is 18.7 Å². The molecule has 0 fully saturated rings. The quantitative estimate of drug-likeness (QED) is 0.520. The molecule has 0 N–H and O–H groups in total. The molecule has 0 unspecified atom stereocenters. The number of hydrogen-bond acceptors (Lipinski definition) is 4. The van der Waals surface area contributed by atoms with E-state index in [2.05, 4.69) is 12.6 Å². The minimum atomic E-state index is -0.404. The number of halogens is 1. The van der Waals surface area contributed by atoms with Gasteiger partial charge in [-0.3, -0.25) is 0 Å². The lowest BCUT2D eigenvalue weighted by Gasteiger charge is -2.38. The molecule has 4 nitrogen and oxygen atoms in total. The molecule has 150 valence electrons. The van der Waals surface area contributed by atoms with Gasteiger partial charge < -0.3 is 9.47 Å². The molecule has 0 aliphatic carbocycles. The molecule has 0 radical (unpaired) electrons. The van der Waals surface area contributed by atoms with Crippen LogP contribution in [0.5, 0.6) is 11.5 Å². The molecule has 0 saturated carbocycles. The Balaban J connectivity index is 1.49. The second-order valence-electron chi connectivity index (χ2n) is 7.33. The maximum atomic E-state index is 13.5. The summed E-state index contributed by atoms with van der Waals surface area (Å²) in [6.07, 6.45) is 2.09. The molecule has 0 bridgehead atoms. The van der Waals surface area contributed by atoms with Gasteiger partial charge in [-0.2, -0.15) is 5.10 Å². The first-order chi connectivity index (χ1) is 14.7. The summed E-state index contributed by atoms with van der Waals surface area (Å²) in [5, 5.41) is 6.92. The number of fused-ring (bicyclic) bond motifs is 3. The van der Waals surface area contributed by atoms with Crippen LogP contribution in [0.4, 0.5) is 4.39 Å². The highest BCUT2D eigenvalue weighted by molar-refractivity contribution is 6.02. The molecule has 5 heteroatoms. The lowest BCUT2D eigenvalue weighted by atomic mass is 9.96. The third kappa shape index (κ3) is 3.32. The minimum absolute atomic E-state index is 0.0664. The SMILES string of the molecule is C=CCOc1ccc(C2=NN3[C@H](C2)c2ccccc2O[C@H]3c2ccc(F)cc2)cc1. The molecular weight excluding hydrogens is 379 g/mol. The highest BCUT2D eigenvalue weighted by atomic mass is 19.1. The van der Waals surface area contributed by atoms with Crippen LogP contribution in [0.2, 0.25) is 0 Å². The molecule has 0 spiro atoms. The molecule has 0 aromatic heterocycles. The van der Waals surface area contributed by atoms with Crippen molar-refractivity contribution in [2.75, 3.05) is 6.61 Å². The standard InChI is InChI=1S/C25H21FN2O2/c1-2-15-29-20-13-9-17(10-14-20)22-16-23-21-5-3-4-6-24(21)30-25(28(23)27-22)18-7-11-19(26)12-8-18/h2-14,23,25H,1,15-16H2/t23-,25+/m1/s1. The van der Waals surface area contributed by atoms with Gasteiger partial charge in [0.25, 0.3) is 0 Å². The fourth-order valence-electron chi connectivity index (χ4n) is 3.95. The molecule has 30 heavy (non-hydrogen) atoms. The molecule has 2 aliphatic rings. The zero-order valence-electron chi connectivity index (χ0n) is 16.4. The van der Waals surface area contributed by atoms with Gasteiger partial charge in [0.1, 0.15) is 23.9 Å². The van der Waals surface area contributed by atoms with E-state index >= 15 is 0 Å². The summed E-state index contributed by atoms with van der Waals surface area (Å²) in [6, 6.07) is 22.5. The Morgan fingerprint density at radius 3 is 2.60 bits per heavy atom. The van der Waals surface area contributed by atoms with E-state index in [0.29, 0.717) is 6.61 Å². The van der Waals surface area contributed by atoms with Gasteiger partial charge in [-0.25, -0.2) is 9.40 Å². The molecule has 0 amide bonds. The van der Waals surface area contributed by atoms with E-state index in [1.54, 1.807) is 18.2 Å². The topological polar surface area (TPSA) is 34.1 Å². The molecular formula is C25H21FN2O2. The van der Waals surface area contributed by atoms with Crippen LogP contribution in [0.1, 0.15) is 35.4 Å². The van der Waals surface area contributed by atoms with Crippen molar-refractivity contribution in [1.82, 2.24) is 5.01 Å². The van der Waals surface area contributed by atoms with Crippen molar-refractivity contribution < 1.29 is 13.9 Å². The number of ether oxygens (including phenoxy) is 2. The third-order valence-electron chi connectivity index (χ3n) is 5.41. The monoisotopic (exact) mass is 400 g/mol. The minimum Gasteiger partial charge on any atom is -0.490 e. The Labute approximate surface area is 174 Å². The van der Waals surface area contributed by atoms with Gasteiger partial charge in [-0.1, -0.05) is 43.0 Å². The number of benzene rings is 3. The van der Waals surface area contributed by atoms with E-state index in [4.69, 9.17) is 14.6 Å². The van der Waals surface area contributed by atoms with Crippen LogP contribution >= 0.6 is 0 Å². The second-order valence-corrected chi connectivity index (χ2v) is 7.33. The summed E-state index contributed by atoms with van der Waals surface area (Å²) in [5.74, 6) is 1.38. The predicted octanol–water partition coefficient (Wildman–Crippen LogP) is 5.63. The van der Waals surface area contributed by atoms with E-state index in [9.17, 15) is 4.39 Å². The van der Waals surface area contributed by atoms with E-state index < -0.39 is 6.23 Å². The van der Waals surface area contributed by atoms with Gasteiger partial charge in [-0.15, -0.1) is 0 Å². The fourth-order valence-corrected chi connectivity index (χ4v) is 3.95. The first-order valence-corrected chi connectivity index (χ1v) is 9.94. The number of nitrogens with zero attached hydrogens (tertiary/aromatic N) is 2. The van der Waals surface area contributed by atoms with Gasteiger partial charge in [0.2, 0.25) is 6.23 Å². The van der Waals surface area contributed by atoms with E-state index in [1.165, 1.54) is 12.1 Å². The zero-order valence-corrected chi connectivity index (χ0v) is 16.4. The maximum Gasteiger partial charge on any atom is 0.213 e. The first kappa shape index (κ1) is 18.4. The summed E-state index contributed by atoms with van der Waals surface area (Å²) in [7, 11) is 0. The number of rotatable bonds is 5. The van der Waals surface area contributed by atoms with Gasteiger partial charge in [-0.05, 0) is 48.0 Å². The Kier molecular flexibility index (Phi) is 4.71. The normalized spacial score (nSPS) is 19.4. The average molecular weight is 400 g/mol. The van der Waals surface area contributed by atoms with E-state index in [1.807, 2.05) is 47.5 Å². The number of hydrazone groups is 1. The fraction of sp³-hybridized carbons (Fsp3) is 0.160. The van der Waals surface area contributed by atoms with Crippen LogP contribution in [0.15, 0.2) is 90.6 Å². The molecule has 3 aromatic carbocycles. The van der Waals surface area contributed by atoms with Gasteiger partial charge in [0, 0.05) is 17.5 Å². The second kappa shape index (κ2) is 7.67. The summed E-state index contributed by atoms with van der Waals surface area (Å²) in [5.41, 5.74) is 4.02. The maximum absolute atomic E-state index is 13.5. The molecule has 2 atom stereocenters. The molecule has 0 saturated heterocycles. The van der Waals surface area contributed by atoms with Gasteiger partial charge in [0.15, 0.2) is 0 Å². The number of hydrogen-bond donors (Lipinski definition) is 0. The van der Waals surface area contributed by atoms with Crippen LogP contribution in [0.25, 0.3) is 0 Å². The largest absolute Gasteiger partial charge is 0.490 e. The third-order valence-corrected chi connectivity index (χ3v) is 5.41. The van der Waals surface area contributed by atoms with Crippen LogP contribution in [0.3, 0.4) is 0 Å².